The third kappa shape index (κ3) is 4.00. The van der Waals surface area contributed by atoms with Gasteiger partial charge in [0.1, 0.15) is 16.3 Å². The maximum atomic E-state index is 12.5. The number of H-pyrrole nitrogens is 1. The van der Waals surface area contributed by atoms with Crippen molar-refractivity contribution in [1.82, 2.24) is 29.1 Å². The van der Waals surface area contributed by atoms with Crippen LogP contribution in [0.1, 0.15) is 54.8 Å². The summed E-state index contributed by atoms with van der Waals surface area (Å²) in [4.78, 5) is 14.9. The number of fused-ring (bicyclic) bond motifs is 4. The molecule has 4 heterocycles. The van der Waals surface area contributed by atoms with Crippen LogP contribution in [0.15, 0.2) is 18.2 Å². The van der Waals surface area contributed by atoms with E-state index in [9.17, 15) is 4.79 Å². The van der Waals surface area contributed by atoms with E-state index in [0.29, 0.717) is 35.3 Å². The van der Waals surface area contributed by atoms with Crippen LogP contribution >= 0.6 is 11.5 Å². The van der Waals surface area contributed by atoms with Crippen molar-refractivity contribution in [3.05, 3.63) is 34.6 Å². The van der Waals surface area contributed by atoms with Crippen molar-refractivity contribution in [2.75, 3.05) is 35.4 Å². The lowest BCUT2D eigenvalue weighted by Gasteiger charge is -2.22. The number of nitrogen functional groups attached to an aromatic ring is 2. The van der Waals surface area contributed by atoms with Crippen LogP contribution < -0.4 is 22.3 Å². The summed E-state index contributed by atoms with van der Waals surface area (Å²) < 4.78 is 6.29. The molecule has 0 unspecified atom stereocenters. The molecule has 1 aliphatic heterocycles. The molecule has 1 aliphatic rings. The van der Waals surface area contributed by atoms with E-state index in [1.54, 1.807) is 4.90 Å². The van der Waals surface area contributed by atoms with Crippen molar-refractivity contribution in [3.8, 4) is 11.3 Å². The van der Waals surface area contributed by atoms with Gasteiger partial charge in [0.15, 0.2) is 5.82 Å². The number of benzene rings is 1. The molecule has 0 saturated heterocycles. The number of nitrogens with two attached hydrogens (primary N) is 2. The van der Waals surface area contributed by atoms with Gasteiger partial charge in [-0.1, -0.05) is 13.8 Å². The Hall–Kier alpha value is -3.80. The molecule has 4 aromatic rings. The zero-order chi connectivity index (χ0) is 24.6. The fraction of sp³-hybridized carbons (Fsp3) is 0.364. The number of hydrazine groups is 1. The highest BCUT2D eigenvalue weighted by molar-refractivity contribution is 7.09. The summed E-state index contributed by atoms with van der Waals surface area (Å²) in [5, 5.41) is 11.2. The number of carbonyl (C=O) groups is 1. The van der Waals surface area contributed by atoms with E-state index < -0.39 is 0 Å². The average molecular weight is 483 g/mol. The molecule has 1 amide bonds. The Kier molecular flexibility index (Phi) is 6.33. The lowest BCUT2D eigenvalue weighted by molar-refractivity contribution is 0.0778. The third-order valence-corrected chi connectivity index (χ3v) is 6.52. The number of nitrogens with zero attached hydrogens (tertiary/aromatic N) is 5. The summed E-state index contributed by atoms with van der Waals surface area (Å²) in [6.07, 6.45) is 0. The minimum absolute atomic E-state index is 0.000373. The van der Waals surface area contributed by atoms with Crippen molar-refractivity contribution in [1.29, 1.82) is 0 Å². The molecule has 34 heavy (non-hydrogen) atoms. The summed E-state index contributed by atoms with van der Waals surface area (Å²) in [6, 6.07) is 5.59. The van der Waals surface area contributed by atoms with Gasteiger partial charge in [-0.3, -0.25) is 15.3 Å². The van der Waals surface area contributed by atoms with Crippen molar-refractivity contribution >= 4 is 45.8 Å². The highest BCUT2D eigenvalue weighted by Crippen LogP contribution is 2.41. The number of aryl methyl sites for hydroxylation is 1. The minimum Gasteiger partial charge on any atom is -0.399 e. The number of rotatable bonds is 4. The highest BCUT2D eigenvalue weighted by atomic mass is 32.1. The van der Waals surface area contributed by atoms with Crippen LogP contribution in [0.5, 0.6) is 0 Å². The monoisotopic (exact) mass is 482 g/mol. The smallest absolute Gasteiger partial charge is 0.267 e. The van der Waals surface area contributed by atoms with Gasteiger partial charge in [-0.05, 0) is 50.5 Å². The van der Waals surface area contributed by atoms with Crippen LogP contribution in [0.3, 0.4) is 0 Å². The number of aromatic nitrogens is 5. The fourth-order valence-corrected chi connectivity index (χ4v) is 4.56. The first-order valence-corrected chi connectivity index (χ1v) is 11.9. The molecule has 0 atom stereocenters. The van der Waals surface area contributed by atoms with Gasteiger partial charge >= 0.3 is 0 Å². The second kappa shape index (κ2) is 9.21. The minimum atomic E-state index is 0.000373. The largest absolute Gasteiger partial charge is 0.399 e. The van der Waals surface area contributed by atoms with Gasteiger partial charge in [-0.15, -0.1) is 10.2 Å². The lowest BCUT2D eigenvalue weighted by Crippen LogP contribution is -2.30. The molecule has 180 valence electrons. The van der Waals surface area contributed by atoms with E-state index in [1.165, 1.54) is 11.5 Å². The number of anilines is 4. The Morgan fingerprint density at radius 1 is 1.18 bits per heavy atom. The number of aromatic amines is 1. The molecule has 11 nitrogen and oxygen atoms in total. The maximum absolute atomic E-state index is 12.5. The normalized spacial score (nSPS) is 11.8. The summed E-state index contributed by atoms with van der Waals surface area (Å²) in [5.74, 6) is 1.25. The molecule has 0 bridgehead atoms. The van der Waals surface area contributed by atoms with Gasteiger partial charge in [0.25, 0.3) is 5.91 Å². The molecule has 3 aromatic heterocycles. The Morgan fingerprint density at radius 2 is 1.91 bits per heavy atom. The predicted molar refractivity (Wildman–Crippen MR) is 137 cm³/mol. The van der Waals surface area contributed by atoms with Crippen molar-refractivity contribution in [2.45, 2.75) is 40.5 Å². The zero-order valence-electron chi connectivity index (χ0n) is 19.9. The van der Waals surface area contributed by atoms with E-state index in [-0.39, 0.29) is 5.91 Å². The van der Waals surface area contributed by atoms with Crippen LogP contribution in [0.4, 0.5) is 22.7 Å². The molecule has 12 heteroatoms. The fourth-order valence-electron chi connectivity index (χ4n) is 3.74. The Bertz CT molecular complexity index is 1330. The maximum Gasteiger partial charge on any atom is 0.267 e. The van der Waals surface area contributed by atoms with Crippen LogP contribution in [-0.4, -0.2) is 48.1 Å². The van der Waals surface area contributed by atoms with Crippen LogP contribution in [0.2, 0.25) is 0 Å². The highest BCUT2D eigenvalue weighted by Gasteiger charge is 2.27. The van der Waals surface area contributed by atoms with Gasteiger partial charge in [0, 0.05) is 30.3 Å². The van der Waals surface area contributed by atoms with Crippen LogP contribution in [-0.2, 0) is 0 Å². The van der Waals surface area contributed by atoms with Crippen LogP contribution in [0.25, 0.3) is 16.9 Å². The molecule has 0 radical (unpaired) electrons. The molecule has 0 spiro atoms. The van der Waals surface area contributed by atoms with Gasteiger partial charge in [-0.2, -0.15) is 4.37 Å². The quantitative estimate of drug-likeness (QED) is 0.276. The first kappa shape index (κ1) is 23.4. The molecule has 1 aromatic carbocycles. The van der Waals surface area contributed by atoms with Crippen molar-refractivity contribution in [3.63, 3.8) is 0 Å². The number of hydrogen-bond acceptors (Lipinski definition) is 9. The number of amides is 1. The molecular weight excluding hydrogens is 452 g/mol. The SMILES string of the molecule is CCN(CC)C(=O)c1snc2c1NNc1ccc(N)cc1-2.Cc1[nH]n2c(C(C)C)nnc2c1N. The second-order valence-corrected chi connectivity index (χ2v) is 9.06. The van der Waals surface area contributed by atoms with Crippen molar-refractivity contribution in [2.24, 2.45) is 0 Å². The Labute approximate surface area is 201 Å². The van der Waals surface area contributed by atoms with E-state index in [0.717, 1.165) is 39.8 Å². The van der Waals surface area contributed by atoms with E-state index in [1.807, 2.05) is 43.5 Å². The van der Waals surface area contributed by atoms with Gasteiger partial charge in [0.05, 0.1) is 17.1 Å². The number of carbonyl (C=O) groups excluding carboxylic acids is 1. The number of nitrogens with one attached hydrogen (secondary N) is 3. The summed E-state index contributed by atoms with van der Waals surface area (Å²) in [6.45, 7) is 11.4. The topological polar surface area (TPSA) is 155 Å². The van der Waals surface area contributed by atoms with E-state index in [2.05, 4.69) is 44.4 Å². The summed E-state index contributed by atoms with van der Waals surface area (Å²) in [7, 11) is 0. The van der Waals surface area contributed by atoms with E-state index in [4.69, 9.17) is 11.5 Å². The molecule has 0 aliphatic carbocycles. The number of hydrogen-bond donors (Lipinski definition) is 5. The zero-order valence-corrected chi connectivity index (χ0v) is 20.7. The lowest BCUT2D eigenvalue weighted by atomic mass is 10.1. The molecule has 0 fully saturated rings. The Balaban J connectivity index is 0.000000180. The third-order valence-electron chi connectivity index (χ3n) is 5.69. The average Bonchev–Trinajstić information content (AvgIpc) is 3.50. The Morgan fingerprint density at radius 3 is 2.59 bits per heavy atom. The van der Waals surface area contributed by atoms with Gasteiger partial charge < -0.3 is 21.8 Å². The van der Waals surface area contributed by atoms with Gasteiger partial charge in [-0.25, -0.2) is 4.52 Å². The molecular formula is C22H30N10OS. The van der Waals surface area contributed by atoms with E-state index >= 15 is 0 Å². The van der Waals surface area contributed by atoms with Crippen LogP contribution in [0, 0.1) is 6.92 Å². The molecule has 7 N–H and O–H groups in total. The van der Waals surface area contributed by atoms with Gasteiger partial charge in [0.2, 0.25) is 5.65 Å². The summed E-state index contributed by atoms with van der Waals surface area (Å²) >= 11 is 1.22. The molecule has 5 rings (SSSR count). The predicted octanol–water partition coefficient (Wildman–Crippen LogP) is 3.70. The first-order chi connectivity index (χ1) is 16.3. The summed E-state index contributed by atoms with van der Waals surface area (Å²) in [5.41, 5.74) is 24.2. The second-order valence-electron chi connectivity index (χ2n) is 8.29. The standard InChI is InChI=1S/C14H17N5OS.C8H13N5/c1-3-19(4-2)14(20)13-12-11(18-21-13)9-7-8(15)5-6-10(9)16-17-12;1-4(2)7-10-11-8-6(9)5(3)12-13(7)8/h5-7,16-17H,3-4,15H2,1-2H3;4,12H,9H2,1-3H3. The first-order valence-electron chi connectivity index (χ1n) is 11.2. The molecule has 0 saturated carbocycles. The van der Waals surface area contributed by atoms with Crippen molar-refractivity contribution < 1.29 is 4.79 Å².